The Morgan fingerprint density at radius 2 is 1.81 bits per heavy atom. The molecule has 5 heteroatoms. The lowest BCUT2D eigenvalue weighted by Crippen LogP contribution is -2.35. The maximum Gasteiger partial charge on any atom is 0.255 e. The van der Waals surface area contributed by atoms with Gasteiger partial charge in [-0.3, -0.25) is 4.79 Å². The molecule has 3 nitrogen and oxygen atoms in total. The number of fused-ring (bicyclic) bond motifs is 7. The highest BCUT2D eigenvalue weighted by Crippen LogP contribution is 2.63. The molecule has 162 valence electrons. The Kier molecular flexibility index (Phi) is 4.83. The highest BCUT2D eigenvalue weighted by atomic mass is 79.9. The summed E-state index contributed by atoms with van der Waals surface area (Å²) in [5, 5.41) is 6.54. The van der Waals surface area contributed by atoms with E-state index in [1.165, 1.54) is 36.5 Å². The second-order valence-electron chi connectivity index (χ2n) is 9.35. The maximum atomic E-state index is 14.2. The summed E-state index contributed by atoms with van der Waals surface area (Å²) >= 11 is 3.25. The van der Waals surface area contributed by atoms with E-state index in [9.17, 15) is 9.18 Å². The summed E-state index contributed by atoms with van der Waals surface area (Å²) in [5.74, 6) is 1.69. The number of nitrogens with one attached hydrogen (secondary N) is 2. The number of amides is 1. The van der Waals surface area contributed by atoms with Gasteiger partial charge in [-0.1, -0.05) is 46.3 Å². The Hall–Kier alpha value is -2.66. The van der Waals surface area contributed by atoms with Crippen molar-refractivity contribution in [1.29, 1.82) is 0 Å². The average Bonchev–Trinajstić information content (AvgIpc) is 3.43. The zero-order valence-corrected chi connectivity index (χ0v) is 19.1. The number of carbonyl (C=O) groups is 1. The van der Waals surface area contributed by atoms with Gasteiger partial charge in [0, 0.05) is 15.7 Å². The second-order valence-corrected chi connectivity index (χ2v) is 10.3. The molecule has 3 aromatic rings. The quantitative estimate of drug-likeness (QED) is 0.409. The van der Waals surface area contributed by atoms with E-state index >= 15 is 0 Å². The van der Waals surface area contributed by atoms with E-state index in [4.69, 9.17) is 0 Å². The van der Waals surface area contributed by atoms with Gasteiger partial charge >= 0.3 is 0 Å². The van der Waals surface area contributed by atoms with E-state index in [0.29, 0.717) is 33.8 Å². The lowest BCUT2D eigenvalue weighted by atomic mass is 9.68. The van der Waals surface area contributed by atoms with Gasteiger partial charge in [0.2, 0.25) is 0 Å². The lowest BCUT2D eigenvalue weighted by Gasteiger charge is -2.43. The van der Waals surface area contributed by atoms with Crippen molar-refractivity contribution in [3.63, 3.8) is 0 Å². The zero-order valence-electron chi connectivity index (χ0n) is 17.5. The summed E-state index contributed by atoms with van der Waals surface area (Å²) in [6, 6.07) is 21.6. The first-order chi connectivity index (χ1) is 15.6. The second kappa shape index (κ2) is 7.73. The van der Waals surface area contributed by atoms with Crippen LogP contribution in [0.25, 0.3) is 0 Å². The molecule has 5 atom stereocenters. The topological polar surface area (TPSA) is 41.1 Å². The fourth-order valence-corrected chi connectivity index (χ4v) is 6.74. The molecule has 0 aromatic heterocycles. The predicted molar refractivity (Wildman–Crippen MR) is 128 cm³/mol. The van der Waals surface area contributed by atoms with Gasteiger partial charge in [0.05, 0.1) is 11.7 Å². The van der Waals surface area contributed by atoms with Gasteiger partial charge < -0.3 is 10.6 Å². The van der Waals surface area contributed by atoms with Crippen LogP contribution in [0, 0.1) is 23.6 Å². The van der Waals surface area contributed by atoms with Crippen molar-refractivity contribution in [2.75, 3.05) is 10.6 Å². The molecular weight excluding hydrogens is 467 g/mol. The Bertz CT molecular complexity index is 1200. The summed E-state index contributed by atoms with van der Waals surface area (Å²) in [4.78, 5) is 13.0. The molecule has 1 aliphatic heterocycles. The molecule has 1 heterocycles. The number of benzene rings is 3. The monoisotopic (exact) mass is 490 g/mol. The minimum Gasteiger partial charge on any atom is -0.378 e. The van der Waals surface area contributed by atoms with Crippen molar-refractivity contribution in [3.8, 4) is 0 Å². The van der Waals surface area contributed by atoms with Crippen LogP contribution in [0.1, 0.15) is 52.7 Å². The van der Waals surface area contributed by atoms with Gasteiger partial charge in [0.1, 0.15) is 5.82 Å². The normalized spacial score (nSPS) is 27.4. The predicted octanol–water partition coefficient (Wildman–Crippen LogP) is 7.14. The highest BCUT2D eigenvalue weighted by Gasteiger charge is 2.53. The van der Waals surface area contributed by atoms with Crippen LogP contribution in [0.4, 0.5) is 15.8 Å². The first kappa shape index (κ1) is 20.0. The van der Waals surface area contributed by atoms with Gasteiger partial charge in [0.15, 0.2) is 0 Å². The fraction of sp³-hybridized carbons (Fsp3) is 0.296. The van der Waals surface area contributed by atoms with Crippen molar-refractivity contribution in [3.05, 3.63) is 93.7 Å². The molecule has 0 saturated heterocycles. The third-order valence-electron chi connectivity index (χ3n) is 7.69. The van der Waals surface area contributed by atoms with Crippen molar-refractivity contribution < 1.29 is 9.18 Å². The molecule has 3 aromatic carbocycles. The molecule has 2 aliphatic carbocycles. The van der Waals surface area contributed by atoms with Crippen LogP contribution >= 0.6 is 15.9 Å². The van der Waals surface area contributed by atoms with Gasteiger partial charge in [-0.2, -0.15) is 0 Å². The molecule has 0 radical (unpaired) electrons. The van der Waals surface area contributed by atoms with Gasteiger partial charge in [-0.25, -0.2) is 4.39 Å². The summed E-state index contributed by atoms with van der Waals surface area (Å²) in [7, 11) is 0. The molecule has 2 fully saturated rings. The third-order valence-corrected chi connectivity index (χ3v) is 8.18. The minimum atomic E-state index is -0.453. The van der Waals surface area contributed by atoms with Crippen molar-refractivity contribution in [1.82, 2.24) is 0 Å². The fourth-order valence-electron chi connectivity index (χ4n) is 6.40. The van der Waals surface area contributed by atoms with Gasteiger partial charge in [0.25, 0.3) is 5.91 Å². The van der Waals surface area contributed by atoms with E-state index < -0.39 is 5.82 Å². The Balaban J connectivity index is 1.34. The van der Waals surface area contributed by atoms with Crippen LogP contribution in [0.15, 0.2) is 71.2 Å². The summed E-state index contributed by atoms with van der Waals surface area (Å²) in [6.07, 6.45) is 3.85. The van der Waals surface area contributed by atoms with Crippen molar-refractivity contribution in [2.45, 2.75) is 31.2 Å². The molecule has 3 aliphatic rings. The number of carbonyl (C=O) groups excluding carboxylic acids is 1. The standard InChI is InChI=1S/C27H24BrFN2O/c28-19-9-11-23(21(29)14-19)31-27(32)18-8-10-22-20(13-18)24-16-6-7-17(12-16)25(24)26(30-22)15-4-2-1-3-5-15/h1-5,8-11,13-14,16-17,24-26,30H,6-7,12H2,(H,31,32)/t16-,17-,24-,25-,26+/m0/s1. The average molecular weight is 491 g/mol. The van der Waals surface area contributed by atoms with Crippen LogP contribution < -0.4 is 10.6 Å². The lowest BCUT2D eigenvalue weighted by molar-refractivity contribution is 0.102. The molecule has 0 spiro atoms. The zero-order chi connectivity index (χ0) is 21.8. The van der Waals surface area contributed by atoms with Crippen molar-refractivity contribution >= 4 is 33.2 Å². The van der Waals surface area contributed by atoms with Gasteiger partial charge in [-0.05, 0) is 90.5 Å². The summed E-state index contributed by atoms with van der Waals surface area (Å²) in [6.45, 7) is 0. The smallest absolute Gasteiger partial charge is 0.255 e. The van der Waals surface area contributed by atoms with Crippen molar-refractivity contribution in [2.24, 2.45) is 17.8 Å². The number of rotatable bonds is 3. The summed E-state index contributed by atoms with van der Waals surface area (Å²) in [5.41, 5.74) is 4.48. The maximum absolute atomic E-state index is 14.2. The highest BCUT2D eigenvalue weighted by molar-refractivity contribution is 9.10. The van der Waals surface area contributed by atoms with E-state index in [1.807, 2.05) is 18.2 Å². The molecule has 32 heavy (non-hydrogen) atoms. The molecule has 2 saturated carbocycles. The minimum absolute atomic E-state index is 0.191. The van der Waals surface area contributed by atoms with Crippen LogP contribution in [-0.4, -0.2) is 5.91 Å². The molecular formula is C27H24BrFN2O. The first-order valence-corrected chi connectivity index (χ1v) is 12.1. The Morgan fingerprint density at radius 3 is 2.62 bits per heavy atom. The van der Waals surface area contributed by atoms with Crippen LogP contribution in [-0.2, 0) is 0 Å². The van der Waals surface area contributed by atoms with E-state index in [0.717, 1.165) is 11.6 Å². The van der Waals surface area contributed by atoms with Crippen LogP contribution in [0.2, 0.25) is 0 Å². The van der Waals surface area contributed by atoms with E-state index in [2.05, 4.69) is 56.9 Å². The van der Waals surface area contributed by atoms with Gasteiger partial charge in [-0.15, -0.1) is 0 Å². The molecule has 2 bridgehead atoms. The number of hydrogen-bond donors (Lipinski definition) is 2. The molecule has 6 rings (SSSR count). The molecule has 2 N–H and O–H groups in total. The third kappa shape index (κ3) is 3.25. The van der Waals surface area contributed by atoms with Crippen LogP contribution in [0.5, 0.6) is 0 Å². The Morgan fingerprint density at radius 1 is 1.00 bits per heavy atom. The molecule has 1 amide bonds. The number of halogens is 2. The first-order valence-electron chi connectivity index (χ1n) is 11.3. The van der Waals surface area contributed by atoms with Crippen LogP contribution in [0.3, 0.4) is 0 Å². The Labute approximate surface area is 195 Å². The summed E-state index contributed by atoms with van der Waals surface area (Å²) < 4.78 is 14.9. The number of hydrogen-bond acceptors (Lipinski definition) is 2. The van der Waals surface area contributed by atoms with E-state index in [-0.39, 0.29) is 11.6 Å². The SMILES string of the molecule is O=C(Nc1ccc(Br)cc1F)c1ccc2c(c1)[C@@H]1[C@H]3CC[C@@H](C3)[C@@H]1[C@@H](c1ccccc1)N2. The molecule has 0 unspecified atom stereocenters. The largest absolute Gasteiger partial charge is 0.378 e. The van der Waals surface area contributed by atoms with E-state index in [1.54, 1.807) is 12.1 Å². The number of anilines is 2.